The molecule has 0 aliphatic carbocycles. The molecule has 2 aliphatic rings. The molecule has 2 aliphatic heterocycles. The molecule has 3 heterocycles. The Bertz CT molecular complexity index is 1580. The fourth-order valence-electron chi connectivity index (χ4n) is 5.30. The number of rotatable bonds is 5. The molecule has 0 saturated carbocycles. The van der Waals surface area contributed by atoms with Crippen LogP contribution < -0.4 is 20.7 Å². The molecule has 10 heteroatoms. The number of hydrogen-bond donors (Lipinski definition) is 2. The lowest BCUT2D eigenvalue weighted by Crippen LogP contribution is -2.31. The van der Waals surface area contributed by atoms with Crippen molar-refractivity contribution >= 4 is 40.5 Å². The molecule has 0 spiro atoms. The standard InChI is InChI=1S/C30H28ClFN6O2/c1-40-26-4-2-3-24(32)28(26)38-14-11-19-16-34-30(36-27(19)23-10-7-20(31)15-25(23)38)35-22-8-5-18(6-9-22)29(39)37-13-12-21(33)17-37/h2-10,15-16,21H,11-14,17,33H2,1H3,(H,34,35,36). The zero-order valence-corrected chi connectivity index (χ0v) is 22.7. The SMILES string of the molecule is COc1cccc(F)c1N1CCc2cnc(Nc3ccc(C(=O)N4CCC(N)C4)cc3)nc2-c2ccc(Cl)cc21. The lowest BCUT2D eigenvalue weighted by atomic mass is 10.0. The number of halogens is 2. The number of nitrogens with one attached hydrogen (secondary N) is 1. The first-order valence-electron chi connectivity index (χ1n) is 13.1. The van der Waals surface area contributed by atoms with E-state index in [0.717, 1.165) is 34.6 Å². The second-order valence-electron chi connectivity index (χ2n) is 9.92. The fourth-order valence-corrected chi connectivity index (χ4v) is 5.46. The number of benzene rings is 3. The van der Waals surface area contributed by atoms with Crippen LogP contribution in [0.3, 0.4) is 0 Å². The maximum Gasteiger partial charge on any atom is 0.253 e. The Morgan fingerprint density at radius 1 is 1.15 bits per heavy atom. The first-order chi connectivity index (χ1) is 19.4. The minimum atomic E-state index is -0.390. The second-order valence-corrected chi connectivity index (χ2v) is 10.4. The normalized spacial score (nSPS) is 16.2. The van der Waals surface area contributed by atoms with E-state index in [0.29, 0.717) is 54.0 Å². The molecule has 1 amide bonds. The Hall–Kier alpha value is -4.21. The van der Waals surface area contributed by atoms with Gasteiger partial charge in [-0.05, 0) is 73.0 Å². The van der Waals surface area contributed by atoms with Crippen molar-refractivity contribution < 1.29 is 13.9 Å². The van der Waals surface area contributed by atoms with Crippen molar-refractivity contribution in [3.05, 3.63) is 88.8 Å². The third-order valence-electron chi connectivity index (χ3n) is 7.31. The molecule has 1 fully saturated rings. The van der Waals surface area contributed by atoms with Crippen LogP contribution in [-0.2, 0) is 6.42 Å². The summed E-state index contributed by atoms with van der Waals surface area (Å²) in [5, 5.41) is 3.77. The molecule has 1 saturated heterocycles. The van der Waals surface area contributed by atoms with Crippen LogP contribution in [0.25, 0.3) is 11.3 Å². The van der Waals surface area contributed by atoms with E-state index in [4.69, 9.17) is 27.1 Å². The average molecular weight is 559 g/mol. The van der Waals surface area contributed by atoms with E-state index in [1.807, 2.05) is 29.2 Å². The predicted molar refractivity (Wildman–Crippen MR) is 154 cm³/mol. The highest BCUT2D eigenvalue weighted by molar-refractivity contribution is 6.31. The monoisotopic (exact) mass is 558 g/mol. The molecule has 1 unspecified atom stereocenters. The van der Waals surface area contributed by atoms with Gasteiger partial charge < -0.3 is 25.6 Å². The van der Waals surface area contributed by atoms with E-state index in [-0.39, 0.29) is 17.8 Å². The Labute approximate surface area is 236 Å². The highest BCUT2D eigenvalue weighted by Crippen LogP contribution is 2.44. The van der Waals surface area contributed by atoms with Crippen LogP contribution in [0.5, 0.6) is 5.75 Å². The van der Waals surface area contributed by atoms with Gasteiger partial charge in [0.15, 0.2) is 5.82 Å². The summed E-state index contributed by atoms with van der Waals surface area (Å²) in [6, 6.07) is 17.6. The van der Waals surface area contributed by atoms with Crippen LogP contribution in [0.15, 0.2) is 66.9 Å². The summed E-state index contributed by atoms with van der Waals surface area (Å²) < 4.78 is 20.6. The summed E-state index contributed by atoms with van der Waals surface area (Å²) in [4.78, 5) is 25.8. The molecule has 4 aromatic rings. The molecular weight excluding hydrogens is 531 g/mol. The van der Waals surface area contributed by atoms with Crippen molar-refractivity contribution in [3.8, 4) is 17.0 Å². The van der Waals surface area contributed by atoms with Gasteiger partial charge in [0, 0.05) is 53.7 Å². The van der Waals surface area contributed by atoms with Crippen LogP contribution in [0.1, 0.15) is 22.3 Å². The number of amides is 1. The quantitative estimate of drug-likeness (QED) is 0.331. The van der Waals surface area contributed by atoms with Gasteiger partial charge in [0.05, 0.1) is 18.5 Å². The van der Waals surface area contributed by atoms with Gasteiger partial charge in [-0.15, -0.1) is 0 Å². The van der Waals surface area contributed by atoms with Gasteiger partial charge >= 0.3 is 0 Å². The zero-order chi connectivity index (χ0) is 27.8. The van der Waals surface area contributed by atoms with Gasteiger partial charge in [0.2, 0.25) is 5.95 Å². The lowest BCUT2D eigenvalue weighted by Gasteiger charge is -2.27. The van der Waals surface area contributed by atoms with Crippen molar-refractivity contribution in [2.45, 2.75) is 18.9 Å². The van der Waals surface area contributed by atoms with E-state index in [9.17, 15) is 4.79 Å². The predicted octanol–water partition coefficient (Wildman–Crippen LogP) is 5.56. The van der Waals surface area contributed by atoms with E-state index in [1.165, 1.54) is 13.2 Å². The molecule has 1 atom stereocenters. The highest BCUT2D eigenvalue weighted by Gasteiger charge is 2.27. The number of methoxy groups -OCH3 is 1. The number of anilines is 4. The number of likely N-dealkylation sites (tertiary alicyclic amines) is 1. The van der Waals surface area contributed by atoms with Crippen LogP contribution in [0.4, 0.5) is 27.4 Å². The Morgan fingerprint density at radius 3 is 2.73 bits per heavy atom. The van der Waals surface area contributed by atoms with E-state index < -0.39 is 0 Å². The maximum atomic E-state index is 15.1. The molecule has 8 nitrogen and oxygen atoms in total. The number of ether oxygens (including phenoxy) is 1. The topological polar surface area (TPSA) is 96.6 Å². The minimum Gasteiger partial charge on any atom is -0.494 e. The number of nitrogens with two attached hydrogens (primary N) is 1. The van der Waals surface area contributed by atoms with Crippen molar-refractivity contribution in [1.29, 1.82) is 0 Å². The third kappa shape index (κ3) is 4.94. The van der Waals surface area contributed by atoms with Crippen molar-refractivity contribution in [1.82, 2.24) is 14.9 Å². The number of hydrogen-bond acceptors (Lipinski definition) is 7. The molecule has 0 bridgehead atoms. The summed E-state index contributed by atoms with van der Waals surface area (Å²) in [6.45, 7) is 1.73. The van der Waals surface area contributed by atoms with E-state index in [1.54, 1.807) is 41.4 Å². The van der Waals surface area contributed by atoms with Crippen molar-refractivity contribution in [2.24, 2.45) is 5.73 Å². The van der Waals surface area contributed by atoms with Crippen LogP contribution in [0, 0.1) is 5.82 Å². The van der Waals surface area contributed by atoms with Gasteiger partial charge in [-0.25, -0.2) is 14.4 Å². The van der Waals surface area contributed by atoms with Crippen LogP contribution in [0.2, 0.25) is 5.02 Å². The number of carbonyl (C=O) groups is 1. The molecule has 40 heavy (non-hydrogen) atoms. The van der Waals surface area contributed by atoms with E-state index >= 15 is 4.39 Å². The Kier molecular flexibility index (Phi) is 7.00. The Morgan fingerprint density at radius 2 is 1.98 bits per heavy atom. The molecule has 6 rings (SSSR count). The number of nitrogens with zero attached hydrogens (tertiary/aromatic N) is 4. The average Bonchev–Trinajstić information content (AvgIpc) is 3.34. The number of aromatic nitrogens is 2. The maximum absolute atomic E-state index is 15.1. The first kappa shape index (κ1) is 26.0. The highest BCUT2D eigenvalue weighted by atomic mass is 35.5. The molecule has 3 N–H and O–H groups in total. The fraction of sp³-hybridized carbons (Fsp3) is 0.233. The number of fused-ring (bicyclic) bond motifs is 3. The molecular formula is C30H28ClFN6O2. The summed E-state index contributed by atoms with van der Waals surface area (Å²) in [5.41, 5.74) is 10.8. The molecule has 3 aromatic carbocycles. The smallest absolute Gasteiger partial charge is 0.253 e. The first-order valence-corrected chi connectivity index (χ1v) is 13.5. The van der Waals surface area contributed by atoms with Crippen molar-refractivity contribution in [2.75, 3.05) is 37.0 Å². The van der Waals surface area contributed by atoms with Crippen molar-refractivity contribution in [3.63, 3.8) is 0 Å². The number of para-hydroxylation sites is 1. The minimum absolute atomic E-state index is 0.0212. The largest absolute Gasteiger partial charge is 0.494 e. The van der Waals surface area contributed by atoms with Gasteiger partial charge in [-0.2, -0.15) is 0 Å². The molecule has 0 radical (unpaired) electrons. The van der Waals surface area contributed by atoms with Crippen LogP contribution >= 0.6 is 11.6 Å². The number of carbonyl (C=O) groups excluding carboxylic acids is 1. The summed E-state index contributed by atoms with van der Waals surface area (Å²) in [5.74, 6) is 0.423. The zero-order valence-electron chi connectivity index (χ0n) is 21.9. The van der Waals surface area contributed by atoms with Gasteiger partial charge in [0.1, 0.15) is 11.4 Å². The summed E-state index contributed by atoms with van der Waals surface area (Å²) in [6.07, 6.45) is 3.19. The Balaban J connectivity index is 1.31. The van der Waals surface area contributed by atoms with Crippen LogP contribution in [-0.4, -0.2) is 53.6 Å². The molecule has 204 valence electrons. The third-order valence-corrected chi connectivity index (χ3v) is 7.55. The second kappa shape index (κ2) is 10.7. The molecule has 1 aromatic heterocycles. The van der Waals surface area contributed by atoms with Gasteiger partial charge in [-0.3, -0.25) is 4.79 Å². The lowest BCUT2D eigenvalue weighted by molar-refractivity contribution is 0.0791. The van der Waals surface area contributed by atoms with Gasteiger partial charge in [-0.1, -0.05) is 17.7 Å². The summed E-state index contributed by atoms with van der Waals surface area (Å²) >= 11 is 6.42. The van der Waals surface area contributed by atoms with E-state index in [2.05, 4.69) is 10.3 Å². The summed E-state index contributed by atoms with van der Waals surface area (Å²) in [7, 11) is 1.53. The van der Waals surface area contributed by atoms with Gasteiger partial charge in [0.25, 0.3) is 5.91 Å².